The van der Waals surface area contributed by atoms with Crippen LogP contribution in [0.3, 0.4) is 0 Å². The molecule has 1 fully saturated rings. The quantitative estimate of drug-likeness (QED) is 0.501. The molecule has 1 aliphatic rings. The van der Waals surface area contributed by atoms with Crippen LogP contribution in [0.25, 0.3) is 11.3 Å². The predicted molar refractivity (Wildman–Crippen MR) is 124 cm³/mol. The number of piperazine rings is 1. The van der Waals surface area contributed by atoms with Gasteiger partial charge in [0.25, 0.3) is 0 Å². The molecule has 0 spiro atoms. The van der Waals surface area contributed by atoms with Crippen molar-refractivity contribution < 1.29 is 9.90 Å². The molecule has 8 nitrogen and oxygen atoms in total. The normalized spacial score (nSPS) is 14.5. The molecule has 1 aliphatic heterocycles. The number of nitrogens with zero attached hydrogens (tertiary/aromatic N) is 4. The Bertz CT molecular complexity index is 852. The average Bonchev–Trinajstić information content (AvgIpc) is 2.79. The molecule has 2 heterocycles. The fourth-order valence-electron chi connectivity index (χ4n) is 3.85. The van der Waals surface area contributed by atoms with E-state index in [-0.39, 0.29) is 11.7 Å². The van der Waals surface area contributed by atoms with Crippen LogP contribution in [0, 0.1) is 0 Å². The summed E-state index contributed by atoms with van der Waals surface area (Å²) in [6.07, 6.45) is 5.13. The van der Waals surface area contributed by atoms with Gasteiger partial charge in [-0.15, -0.1) is 10.2 Å². The van der Waals surface area contributed by atoms with Gasteiger partial charge >= 0.3 is 0 Å². The van der Waals surface area contributed by atoms with Crippen LogP contribution in [0.15, 0.2) is 30.3 Å². The summed E-state index contributed by atoms with van der Waals surface area (Å²) in [5, 5.41) is 21.3. The number of nitrogens with one attached hydrogen (secondary N) is 1. The van der Waals surface area contributed by atoms with Gasteiger partial charge in [0.05, 0.1) is 11.4 Å². The van der Waals surface area contributed by atoms with E-state index in [1.54, 1.807) is 12.1 Å². The molecule has 0 atom stereocenters. The summed E-state index contributed by atoms with van der Waals surface area (Å²) in [5.74, 6) is 0.739. The smallest absolute Gasteiger partial charge is 0.219 e. The second-order valence-corrected chi connectivity index (χ2v) is 7.96. The summed E-state index contributed by atoms with van der Waals surface area (Å²) in [6.45, 7) is 7.51. The highest BCUT2D eigenvalue weighted by atomic mass is 16.3. The van der Waals surface area contributed by atoms with E-state index < -0.39 is 0 Å². The molecule has 0 radical (unpaired) electrons. The summed E-state index contributed by atoms with van der Waals surface area (Å²) in [7, 11) is 0. The van der Waals surface area contributed by atoms with Crippen LogP contribution < -0.4 is 16.0 Å². The number of nitrogens with two attached hydrogens (primary N) is 1. The number of aromatic hydroxyl groups is 1. The number of anilines is 2. The molecule has 3 rings (SSSR count). The van der Waals surface area contributed by atoms with E-state index in [0.29, 0.717) is 23.5 Å². The highest BCUT2D eigenvalue weighted by Gasteiger charge is 2.20. The van der Waals surface area contributed by atoms with Gasteiger partial charge in [0.1, 0.15) is 5.75 Å². The lowest BCUT2D eigenvalue weighted by Crippen LogP contribution is -2.46. The van der Waals surface area contributed by atoms with Gasteiger partial charge in [0.15, 0.2) is 5.82 Å². The van der Waals surface area contributed by atoms with Gasteiger partial charge in [0, 0.05) is 44.7 Å². The number of unbranched alkanes of at least 4 members (excludes halogenated alkanes) is 3. The number of carbonyl (C=O) groups excluding carboxylic acids is 1. The zero-order chi connectivity index (χ0) is 22.1. The highest BCUT2D eigenvalue weighted by Crippen LogP contribution is 2.31. The third-order valence-electron chi connectivity index (χ3n) is 5.74. The minimum atomic E-state index is 0.135. The lowest BCUT2D eigenvalue weighted by Gasteiger charge is -2.36. The number of aromatic nitrogens is 2. The third-order valence-corrected chi connectivity index (χ3v) is 5.74. The molecule has 0 bridgehead atoms. The van der Waals surface area contributed by atoms with E-state index in [1.807, 2.05) is 25.1 Å². The van der Waals surface area contributed by atoms with Crippen LogP contribution in [-0.4, -0.2) is 65.4 Å². The van der Waals surface area contributed by atoms with Crippen molar-refractivity contribution in [1.82, 2.24) is 20.4 Å². The molecule has 31 heavy (non-hydrogen) atoms. The first-order chi connectivity index (χ1) is 15.1. The lowest BCUT2D eigenvalue weighted by atomic mass is 10.1. The SMILES string of the molecule is CCC(=O)NCCCCCCN1CCN(c2cc(-c3ccccc3O)nnc2N)CC1. The number of benzene rings is 1. The maximum atomic E-state index is 11.2. The molecule has 0 unspecified atom stereocenters. The van der Waals surface area contributed by atoms with Crippen LogP contribution in [0.5, 0.6) is 5.75 Å². The number of hydrogen-bond acceptors (Lipinski definition) is 7. The van der Waals surface area contributed by atoms with Gasteiger partial charge in [-0.2, -0.15) is 0 Å². The van der Waals surface area contributed by atoms with E-state index in [9.17, 15) is 9.90 Å². The standard InChI is InChI=1S/C23H34N6O2/c1-2-22(31)25-11-7-3-4-8-12-28-13-15-29(16-14-28)20-17-19(26-27-23(20)24)18-9-5-6-10-21(18)30/h5-6,9-10,17,30H,2-4,7-8,11-16H2,1H3,(H2,24,27)(H,25,31). The van der Waals surface area contributed by atoms with Gasteiger partial charge < -0.3 is 21.1 Å². The Morgan fingerprint density at radius 2 is 1.84 bits per heavy atom. The van der Waals surface area contributed by atoms with Crippen molar-refractivity contribution in [2.24, 2.45) is 0 Å². The van der Waals surface area contributed by atoms with Crippen molar-refractivity contribution in [1.29, 1.82) is 0 Å². The summed E-state index contributed by atoms with van der Waals surface area (Å²) in [4.78, 5) is 16.0. The second-order valence-electron chi connectivity index (χ2n) is 7.96. The minimum absolute atomic E-state index is 0.135. The summed E-state index contributed by atoms with van der Waals surface area (Å²) in [6, 6.07) is 9.05. The molecule has 8 heteroatoms. The van der Waals surface area contributed by atoms with Crippen LogP contribution in [0.4, 0.5) is 11.5 Å². The summed E-state index contributed by atoms with van der Waals surface area (Å²) >= 11 is 0. The molecule has 168 valence electrons. The molecule has 1 aromatic heterocycles. The monoisotopic (exact) mass is 426 g/mol. The molecular weight excluding hydrogens is 392 g/mol. The third kappa shape index (κ3) is 6.55. The molecule has 4 N–H and O–H groups in total. The van der Waals surface area contributed by atoms with Crippen LogP contribution in [0.1, 0.15) is 39.0 Å². The van der Waals surface area contributed by atoms with E-state index in [2.05, 4.69) is 25.3 Å². The average molecular weight is 427 g/mol. The number of phenolic OH excluding ortho intramolecular Hbond substituents is 1. The zero-order valence-corrected chi connectivity index (χ0v) is 18.4. The zero-order valence-electron chi connectivity index (χ0n) is 18.4. The van der Waals surface area contributed by atoms with Crippen LogP contribution in [0.2, 0.25) is 0 Å². The highest BCUT2D eigenvalue weighted by molar-refractivity contribution is 5.75. The number of nitrogen functional groups attached to an aromatic ring is 1. The fourth-order valence-corrected chi connectivity index (χ4v) is 3.85. The van der Waals surface area contributed by atoms with E-state index in [4.69, 9.17) is 5.73 Å². The topological polar surface area (TPSA) is 108 Å². The number of amides is 1. The predicted octanol–water partition coefficient (Wildman–Crippen LogP) is 2.64. The van der Waals surface area contributed by atoms with Gasteiger partial charge in [-0.3, -0.25) is 9.69 Å². The van der Waals surface area contributed by atoms with Crippen molar-refractivity contribution in [2.45, 2.75) is 39.0 Å². The van der Waals surface area contributed by atoms with E-state index in [0.717, 1.165) is 57.8 Å². The molecule has 0 saturated carbocycles. The first kappa shape index (κ1) is 22.8. The molecule has 1 aromatic carbocycles. The molecule has 1 saturated heterocycles. The Kier molecular flexibility index (Phi) is 8.46. The van der Waals surface area contributed by atoms with Crippen molar-refractivity contribution in [3.63, 3.8) is 0 Å². The van der Waals surface area contributed by atoms with Crippen LogP contribution >= 0.6 is 0 Å². The number of phenols is 1. The van der Waals surface area contributed by atoms with Crippen molar-refractivity contribution in [3.05, 3.63) is 30.3 Å². The largest absolute Gasteiger partial charge is 0.507 e. The first-order valence-corrected chi connectivity index (χ1v) is 11.2. The van der Waals surface area contributed by atoms with Crippen molar-refractivity contribution in [3.8, 4) is 17.0 Å². The molecule has 0 aliphatic carbocycles. The Balaban J connectivity index is 1.43. The van der Waals surface area contributed by atoms with E-state index >= 15 is 0 Å². The van der Waals surface area contributed by atoms with Crippen molar-refractivity contribution in [2.75, 3.05) is 49.9 Å². The van der Waals surface area contributed by atoms with Gasteiger partial charge in [-0.1, -0.05) is 31.9 Å². The van der Waals surface area contributed by atoms with Gasteiger partial charge in [-0.05, 0) is 37.6 Å². The summed E-state index contributed by atoms with van der Waals surface area (Å²) < 4.78 is 0. The Morgan fingerprint density at radius 1 is 1.10 bits per heavy atom. The number of carbonyl (C=O) groups is 1. The molecule has 2 aromatic rings. The molecule has 1 amide bonds. The minimum Gasteiger partial charge on any atom is -0.507 e. The first-order valence-electron chi connectivity index (χ1n) is 11.2. The number of para-hydroxylation sites is 1. The van der Waals surface area contributed by atoms with Gasteiger partial charge in [0.2, 0.25) is 5.91 Å². The lowest BCUT2D eigenvalue weighted by molar-refractivity contribution is -0.120. The molecular formula is C23H34N6O2. The Labute approximate surface area is 184 Å². The number of rotatable bonds is 10. The van der Waals surface area contributed by atoms with E-state index in [1.165, 1.54) is 12.8 Å². The fraction of sp³-hybridized carbons (Fsp3) is 0.522. The maximum Gasteiger partial charge on any atom is 0.219 e. The summed E-state index contributed by atoms with van der Waals surface area (Å²) in [5.41, 5.74) is 8.28. The maximum absolute atomic E-state index is 11.2. The number of hydrogen-bond donors (Lipinski definition) is 3. The van der Waals surface area contributed by atoms with Gasteiger partial charge in [-0.25, -0.2) is 0 Å². The Morgan fingerprint density at radius 3 is 2.58 bits per heavy atom. The second kappa shape index (κ2) is 11.5. The Hall–Kier alpha value is -2.87. The van der Waals surface area contributed by atoms with Crippen molar-refractivity contribution >= 4 is 17.4 Å². The van der Waals surface area contributed by atoms with Crippen LogP contribution in [-0.2, 0) is 4.79 Å².